The van der Waals surface area contributed by atoms with Crippen molar-refractivity contribution in [3.8, 4) is 5.75 Å². The van der Waals surface area contributed by atoms with Crippen LogP contribution in [-0.2, 0) is 16.0 Å². The van der Waals surface area contributed by atoms with Gasteiger partial charge in [0.15, 0.2) is 0 Å². The van der Waals surface area contributed by atoms with Gasteiger partial charge in [0.25, 0.3) is 0 Å². The molecule has 0 heterocycles. The summed E-state index contributed by atoms with van der Waals surface area (Å²) in [5.41, 5.74) is 3.58. The van der Waals surface area contributed by atoms with E-state index in [1.807, 2.05) is 36.4 Å². The molecule has 1 N–H and O–H groups in total. The number of aliphatic hydroxyl groups is 1. The van der Waals surface area contributed by atoms with Crippen LogP contribution >= 0.6 is 0 Å². The number of rotatable bonds is 9. The minimum atomic E-state index is -0.356. The Labute approximate surface area is 166 Å². The SMILES string of the molecule is COC(=O)C=Cc1ccc2c(c1)CCC2N(CCO)CCOc1ccccc1. The normalized spacial score (nSPS) is 15.8. The van der Waals surface area contributed by atoms with E-state index in [9.17, 15) is 9.90 Å². The lowest BCUT2D eigenvalue weighted by atomic mass is 10.0. The van der Waals surface area contributed by atoms with Gasteiger partial charge in [-0.1, -0.05) is 36.4 Å². The van der Waals surface area contributed by atoms with Gasteiger partial charge in [-0.15, -0.1) is 0 Å². The Balaban J connectivity index is 1.65. The molecule has 0 spiro atoms. The maximum absolute atomic E-state index is 11.3. The highest BCUT2D eigenvalue weighted by Crippen LogP contribution is 2.36. The molecule has 0 bridgehead atoms. The van der Waals surface area contributed by atoms with E-state index < -0.39 is 0 Å². The first-order valence-corrected chi connectivity index (χ1v) is 9.63. The van der Waals surface area contributed by atoms with E-state index in [-0.39, 0.29) is 18.6 Å². The van der Waals surface area contributed by atoms with Gasteiger partial charge in [-0.05, 0) is 47.7 Å². The zero-order chi connectivity index (χ0) is 19.8. The number of ether oxygens (including phenoxy) is 2. The molecule has 0 radical (unpaired) electrons. The third-order valence-corrected chi connectivity index (χ3v) is 5.04. The number of aliphatic hydroxyl groups excluding tert-OH is 1. The summed E-state index contributed by atoms with van der Waals surface area (Å²) in [5.74, 6) is 0.506. The van der Waals surface area contributed by atoms with E-state index in [1.54, 1.807) is 6.08 Å². The van der Waals surface area contributed by atoms with Crippen molar-refractivity contribution in [3.05, 3.63) is 71.3 Å². The molecule has 2 aromatic carbocycles. The molecule has 5 heteroatoms. The second kappa shape index (κ2) is 10.1. The second-order valence-corrected chi connectivity index (χ2v) is 6.79. The Morgan fingerprint density at radius 1 is 1.21 bits per heavy atom. The van der Waals surface area contributed by atoms with Gasteiger partial charge in [-0.25, -0.2) is 4.79 Å². The van der Waals surface area contributed by atoms with E-state index in [4.69, 9.17) is 4.74 Å². The Hall–Kier alpha value is -2.63. The van der Waals surface area contributed by atoms with Crippen molar-refractivity contribution in [1.29, 1.82) is 0 Å². The number of nitrogens with zero attached hydrogens (tertiary/aromatic N) is 1. The fraction of sp³-hybridized carbons (Fsp3) is 0.348. The molecule has 0 amide bonds. The highest BCUT2D eigenvalue weighted by molar-refractivity contribution is 5.86. The number of hydrogen-bond acceptors (Lipinski definition) is 5. The summed E-state index contributed by atoms with van der Waals surface area (Å²) in [6, 6.07) is 16.3. The number of fused-ring (bicyclic) bond motifs is 1. The van der Waals surface area contributed by atoms with Gasteiger partial charge in [-0.3, -0.25) is 4.90 Å². The molecule has 0 saturated carbocycles. The molecular formula is C23H27NO4. The van der Waals surface area contributed by atoms with Crippen molar-refractivity contribution in [2.24, 2.45) is 0 Å². The summed E-state index contributed by atoms with van der Waals surface area (Å²) in [4.78, 5) is 13.6. The first-order valence-electron chi connectivity index (χ1n) is 9.63. The maximum atomic E-state index is 11.3. The number of benzene rings is 2. The van der Waals surface area contributed by atoms with Gasteiger partial charge in [0, 0.05) is 25.2 Å². The highest BCUT2D eigenvalue weighted by atomic mass is 16.5. The average molecular weight is 381 g/mol. The van der Waals surface area contributed by atoms with Crippen LogP contribution in [0.5, 0.6) is 5.75 Å². The molecule has 0 aromatic heterocycles. The Morgan fingerprint density at radius 2 is 2.04 bits per heavy atom. The minimum absolute atomic E-state index is 0.122. The summed E-state index contributed by atoms with van der Waals surface area (Å²) in [5, 5.41) is 9.52. The van der Waals surface area contributed by atoms with Gasteiger partial charge < -0.3 is 14.6 Å². The van der Waals surface area contributed by atoms with Gasteiger partial charge in [0.2, 0.25) is 0 Å². The molecule has 2 aromatic rings. The summed E-state index contributed by atoms with van der Waals surface area (Å²) >= 11 is 0. The Kier molecular flexibility index (Phi) is 7.23. The third-order valence-electron chi connectivity index (χ3n) is 5.04. The number of hydrogen-bond donors (Lipinski definition) is 1. The Bertz CT molecular complexity index is 804. The molecule has 28 heavy (non-hydrogen) atoms. The second-order valence-electron chi connectivity index (χ2n) is 6.79. The van der Waals surface area contributed by atoms with E-state index in [2.05, 4.69) is 21.8 Å². The zero-order valence-corrected chi connectivity index (χ0v) is 16.2. The summed E-state index contributed by atoms with van der Waals surface area (Å²) < 4.78 is 10.5. The molecule has 1 atom stereocenters. The molecule has 3 rings (SSSR count). The van der Waals surface area contributed by atoms with Crippen LogP contribution < -0.4 is 4.74 Å². The van der Waals surface area contributed by atoms with Crippen LogP contribution in [-0.4, -0.2) is 49.4 Å². The monoisotopic (exact) mass is 381 g/mol. The third kappa shape index (κ3) is 5.21. The largest absolute Gasteiger partial charge is 0.492 e. The number of carbonyl (C=O) groups excluding carboxylic acids is 1. The number of methoxy groups -OCH3 is 1. The number of para-hydroxylation sites is 1. The van der Waals surface area contributed by atoms with Crippen molar-refractivity contribution in [1.82, 2.24) is 4.90 Å². The predicted molar refractivity (Wildman–Crippen MR) is 109 cm³/mol. The van der Waals surface area contributed by atoms with Crippen molar-refractivity contribution in [3.63, 3.8) is 0 Å². The van der Waals surface area contributed by atoms with E-state index in [0.29, 0.717) is 13.2 Å². The molecule has 0 saturated heterocycles. The number of aryl methyl sites for hydroxylation is 1. The van der Waals surface area contributed by atoms with Gasteiger partial charge in [0.05, 0.1) is 13.7 Å². The minimum Gasteiger partial charge on any atom is -0.492 e. The van der Waals surface area contributed by atoms with Crippen LogP contribution in [0.25, 0.3) is 6.08 Å². The number of esters is 1. The lowest BCUT2D eigenvalue weighted by Gasteiger charge is -2.29. The standard InChI is InChI=1S/C23H27NO4/c1-27-23(26)12-8-18-7-10-21-19(17-18)9-11-22(21)24(13-15-25)14-16-28-20-5-3-2-4-6-20/h2-8,10,12,17,22,25H,9,11,13-16H2,1H3. The lowest BCUT2D eigenvalue weighted by Crippen LogP contribution is -2.34. The lowest BCUT2D eigenvalue weighted by molar-refractivity contribution is -0.134. The molecule has 5 nitrogen and oxygen atoms in total. The highest BCUT2D eigenvalue weighted by Gasteiger charge is 2.27. The van der Waals surface area contributed by atoms with E-state index in [0.717, 1.165) is 30.7 Å². The fourth-order valence-electron chi connectivity index (χ4n) is 3.68. The van der Waals surface area contributed by atoms with Crippen molar-refractivity contribution < 1.29 is 19.4 Å². The summed E-state index contributed by atoms with van der Waals surface area (Å²) in [7, 11) is 1.37. The van der Waals surface area contributed by atoms with Crippen molar-refractivity contribution in [2.45, 2.75) is 18.9 Å². The van der Waals surface area contributed by atoms with Crippen LogP contribution in [0.3, 0.4) is 0 Å². The van der Waals surface area contributed by atoms with Crippen LogP contribution in [0.1, 0.15) is 29.2 Å². The van der Waals surface area contributed by atoms with Gasteiger partial charge in [-0.2, -0.15) is 0 Å². The maximum Gasteiger partial charge on any atom is 0.330 e. The molecular weight excluding hydrogens is 354 g/mol. The summed E-state index contributed by atoms with van der Waals surface area (Å²) in [6.45, 7) is 2.07. The van der Waals surface area contributed by atoms with Crippen LogP contribution in [0.15, 0.2) is 54.6 Å². The van der Waals surface area contributed by atoms with Gasteiger partial charge >= 0.3 is 5.97 Å². The van der Waals surface area contributed by atoms with Crippen LogP contribution in [0.4, 0.5) is 0 Å². The van der Waals surface area contributed by atoms with Crippen molar-refractivity contribution in [2.75, 3.05) is 33.4 Å². The molecule has 0 aliphatic heterocycles. The van der Waals surface area contributed by atoms with Crippen LogP contribution in [0.2, 0.25) is 0 Å². The topological polar surface area (TPSA) is 59.0 Å². The summed E-state index contributed by atoms with van der Waals surface area (Å²) in [6.07, 6.45) is 5.22. The Morgan fingerprint density at radius 3 is 2.79 bits per heavy atom. The number of carbonyl (C=O) groups is 1. The first kappa shape index (κ1) is 20.1. The molecule has 1 unspecified atom stereocenters. The van der Waals surface area contributed by atoms with Gasteiger partial charge in [0.1, 0.15) is 12.4 Å². The first-order chi connectivity index (χ1) is 13.7. The fourth-order valence-corrected chi connectivity index (χ4v) is 3.68. The smallest absolute Gasteiger partial charge is 0.330 e. The predicted octanol–water partition coefficient (Wildman–Crippen LogP) is 3.23. The molecule has 1 aliphatic carbocycles. The zero-order valence-electron chi connectivity index (χ0n) is 16.2. The molecule has 0 fully saturated rings. The molecule has 1 aliphatic rings. The van der Waals surface area contributed by atoms with Crippen molar-refractivity contribution >= 4 is 12.0 Å². The quantitative estimate of drug-likeness (QED) is 0.534. The van der Waals surface area contributed by atoms with E-state index >= 15 is 0 Å². The average Bonchev–Trinajstić information content (AvgIpc) is 3.15. The van der Waals surface area contributed by atoms with Crippen LogP contribution in [0, 0.1) is 0 Å². The van der Waals surface area contributed by atoms with E-state index in [1.165, 1.54) is 24.3 Å². The molecule has 148 valence electrons.